The Labute approximate surface area is 169 Å². The van der Waals surface area contributed by atoms with Crippen LogP contribution in [0.4, 0.5) is 0 Å². The van der Waals surface area contributed by atoms with Gasteiger partial charge in [-0.1, -0.05) is 45.1 Å². The molecule has 1 saturated heterocycles. The Morgan fingerprint density at radius 3 is 2.56 bits per heavy atom. The average molecular weight is 392 g/mol. The molecule has 1 fully saturated rings. The van der Waals surface area contributed by atoms with Crippen LogP contribution in [-0.4, -0.2) is 54.4 Å². The van der Waals surface area contributed by atoms with Crippen LogP contribution in [0.5, 0.6) is 11.5 Å². The first kappa shape index (κ1) is 20.2. The molecule has 150 valence electrons. The predicted octanol–water partition coefficient (Wildman–Crippen LogP) is 3.77. The number of benzene rings is 1. The van der Waals surface area contributed by atoms with Crippen molar-refractivity contribution in [3.05, 3.63) is 23.8 Å². The van der Waals surface area contributed by atoms with Crippen molar-refractivity contribution < 1.29 is 9.47 Å². The first-order chi connectivity index (χ1) is 13.3. The fraction of sp³-hybridized carbons (Fsp3) is 0.667. The molecule has 0 saturated carbocycles. The molecule has 0 radical (unpaired) electrons. The number of piperazine rings is 1. The number of nitrogens with zero attached hydrogens (tertiary/aromatic N) is 2. The first-order valence-corrected chi connectivity index (χ1v) is 10.8. The van der Waals surface area contributed by atoms with Crippen molar-refractivity contribution in [3.63, 3.8) is 0 Å². The number of nitrogens with one attached hydrogen (secondary N) is 1. The van der Waals surface area contributed by atoms with Crippen LogP contribution in [0.15, 0.2) is 18.2 Å². The van der Waals surface area contributed by atoms with Gasteiger partial charge in [-0.2, -0.15) is 0 Å². The molecule has 0 atom stereocenters. The molecule has 5 nitrogen and oxygen atoms in total. The van der Waals surface area contributed by atoms with Gasteiger partial charge in [-0.05, 0) is 36.3 Å². The van der Waals surface area contributed by atoms with E-state index in [1.807, 2.05) is 6.07 Å². The highest BCUT2D eigenvalue weighted by Crippen LogP contribution is 2.32. The molecule has 27 heavy (non-hydrogen) atoms. The minimum atomic E-state index is 0.334. The Bertz CT molecular complexity index is 603. The smallest absolute Gasteiger partial charge is 0.231 e. The van der Waals surface area contributed by atoms with E-state index in [1.54, 1.807) is 0 Å². The van der Waals surface area contributed by atoms with Gasteiger partial charge in [-0.15, -0.1) is 0 Å². The van der Waals surface area contributed by atoms with Crippen LogP contribution in [0, 0.1) is 0 Å². The molecule has 0 aromatic heterocycles. The molecule has 1 aromatic rings. The lowest BCUT2D eigenvalue weighted by Gasteiger charge is -2.36. The van der Waals surface area contributed by atoms with E-state index in [-0.39, 0.29) is 0 Å². The SMILES string of the molecule is CCCCCCCCNC(=S)N1CCN(Cc2ccc3c(c2)OCO3)CC1. The van der Waals surface area contributed by atoms with E-state index in [9.17, 15) is 0 Å². The number of hydrogen-bond donors (Lipinski definition) is 1. The molecule has 0 aliphatic carbocycles. The molecular weight excluding hydrogens is 358 g/mol. The van der Waals surface area contributed by atoms with E-state index in [4.69, 9.17) is 21.7 Å². The summed E-state index contributed by atoms with van der Waals surface area (Å²) in [6.07, 6.45) is 7.91. The molecule has 0 unspecified atom stereocenters. The average Bonchev–Trinajstić information content (AvgIpc) is 3.15. The largest absolute Gasteiger partial charge is 0.454 e. The topological polar surface area (TPSA) is 37.0 Å². The highest BCUT2D eigenvalue weighted by atomic mass is 32.1. The second-order valence-corrected chi connectivity index (χ2v) is 7.84. The first-order valence-electron chi connectivity index (χ1n) is 10.4. The third-order valence-corrected chi connectivity index (χ3v) is 5.71. The maximum atomic E-state index is 5.58. The molecule has 2 heterocycles. The second-order valence-electron chi connectivity index (χ2n) is 7.45. The van der Waals surface area contributed by atoms with Crippen LogP contribution in [0.25, 0.3) is 0 Å². The number of unbranched alkanes of at least 4 members (excludes halogenated alkanes) is 5. The van der Waals surface area contributed by atoms with E-state index in [0.717, 1.165) is 55.9 Å². The van der Waals surface area contributed by atoms with Gasteiger partial charge in [0.2, 0.25) is 6.79 Å². The Kier molecular flexibility index (Phi) is 8.02. The third kappa shape index (κ3) is 6.25. The van der Waals surface area contributed by atoms with Gasteiger partial charge in [0.25, 0.3) is 0 Å². The predicted molar refractivity (Wildman–Crippen MR) is 113 cm³/mol. The second kappa shape index (κ2) is 10.7. The maximum absolute atomic E-state index is 5.58. The van der Waals surface area contributed by atoms with Crippen LogP contribution in [0.2, 0.25) is 0 Å². The standard InChI is InChI=1S/C21H33N3O2S/c1-2-3-4-5-6-7-10-22-21(27)24-13-11-23(12-14-24)16-18-8-9-19-20(15-18)26-17-25-19/h8-9,15H,2-7,10-14,16-17H2,1H3,(H,22,27). The minimum absolute atomic E-state index is 0.334. The van der Waals surface area contributed by atoms with Crippen LogP contribution >= 0.6 is 12.2 Å². The minimum Gasteiger partial charge on any atom is -0.454 e. The van der Waals surface area contributed by atoms with Crippen molar-refractivity contribution in [1.29, 1.82) is 0 Å². The van der Waals surface area contributed by atoms with Crippen LogP contribution in [-0.2, 0) is 6.54 Å². The lowest BCUT2D eigenvalue weighted by molar-refractivity contribution is 0.172. The highest BCUT2D eigenvalue weighted by Gasteiger charge is 2.20. The molecule has 2 aliphatic heterocycles. The van der Waals surface area contributed by atoms with E-state index >= 15 is 0 Å². The van der Waals surface area contributed by atoms with E-state index in [1.165, 1.54) is 44.1 Å². The highest BCUT2D eigenvalue weighted by molar-refractivity contribution is 7.80. The maximum Gasteiger partial charge on any atom is 0.231 e. The zero-order valence-electron chi connectivity index (χ0n) is 16.5. The number of fused-ring (bicyclic) bond motifs is 1. The van der Waals surface area contributed by atoms with Crippen molar-refractivity contribution in [2.45, 2.75) is 52.0 Å². The molecular formula is C21H33N3O2S. The quantitative estimate of drug-likeness (QED) is 0.510. The van der Waals surface area contributed by atoms with Gasteiger partial charge < -0.3 is 19.7 Å². The van der Waals surface area contributed by atoms with Gasteiger partial charge in [-0.3, -0.25) is 4.90 Å². The normalized spacial score (nSPS) is 16.6. The van der Waals surface area contributed by atoms with Crippen LogP contribution < -0.4 is 14.8 Å². The molecule has 6 heteroatoms. The molecule has 0 bridgehead atoms. The molecule has 2 aliphatic rings. The van der Waals surface area contributed by atoms with E-state index in [2.05, 4.69) is 34.2 Å². The third-order valence-electron chi connectivity index (χ3n) is 5.31. The Morgan fingerprint density at radius 2 is 1.74 bits per heavy atom. The van der Waals surface area contributed by atoms with Gasteiger partial charge in [0, 0.05) is 39.3 Å². The zero-order chi connectivity index (χ0) is 18.9. The van der Waals surface area contributed by atoms with Crippen molar-refractivity contribution in [2.24, 2.45) is 0 Å². The summed E-state index contributed by atoms with van der Waals surface area (Å²) in [5, 5.41) is 4.37. The summed E-state index contributed by atoms with van der Waals surface area (Å²) in [5.74, 6) is 1.72. The Balaban J connectivity index is 1.31. The molecule has 0 spiro atoms. The van der Waals surface area contributed by atoms with E-state index < -0.39 is 0 Å². The molecule has 3 rings (SSSR count). The summed E-state index contributed by atoms with van der Waals surface area (Å²) in [6.45, 7) is 8.60. The van der Waals surface area contributed by atoms with Crippen molar-refractivity contribution in [1.82, 2.24) is 15.1 Å². The fourth-order valence-electron chi connectivity index (χ4n) is 3.62. The van der Waals surface area contributed by atoms with Gasteiger partial charge in [-0.25, -0.2) is 0 Å². The number of ether oxygens (including phenoxy) is 2. The van der Waals surface area contributed by atoms with Crippen molar-refractivity contribution in [3.8, 4) is 11.5 Å². The fourth-order valence-corrected chi connectivity index (χ4v) is 3.90. The lowest BCUT2D eigenvalue weighted by Crippen LogP contribution is -2.51. The summed E-state index contributed by atoms with van der Waals surface area (Å²) in [4.78, 5) is 4.78. The van der Waals surface area contributed by atoms with Gasteiger partial charge in [0.05, 0.1) is 0 Å². The molecule has 1 N–H and O–H groups in total. The van der Waals surface area contributed by atoms with Crippen molar-refractivity contribution in [2.75, 3.05) is 39.5 Å². The monoisotopic (exact) mass is 391 g/mol. The number of hydrogen-bond acceptors (Lipinski definition) is 4. The lowest BCUT2D eigenvalue weighted by atomic mass is 10.1. The van der Waals surface area contributed by atoms with Gasteiger partial charge >= 0.3 is 0 Å². The van der Waals surface area contributed by atoms with E-state index in [0.29, 0.717) is 6.79 Å². The van der Waals surface area contributed by atoms with Crippen LogP contribution in [0.3, 0.4) is 0 Å². The zero-order valence-corrected chi connectivity index (χ0v) is 17.4. The van der Waals surface area contributed by atoms with Gasteiger partial charge in [0.1, 0.15) is 0 Å². The van der Waals surface area contributed by atoms with Crippen molar-refractivity contribution >= 4 is 17.3 Å². The summed E-state index contributed by atoms with van der Waals surface area (Å²) in [6, 6.07) is 6.24. The summed E-state index contributed by atoms with van der Waals surface area (Å²) in [5.41, 5.74) is 1.27. The molecule has 1 aromatic carbocycles. The number of rotatable bonds is 9. The molecule has 0 amide bonds. The van der Waals surface area contributed by atoms with Crippen LogP contribution in [0.1, 0.15) is 51.0 Å². The number of thiocarbonyl (C=S) groups is 1. The summed E-state index contributed by atoms with van der Waals surface area (Å²) >= 11 is 5.58. The summed E-state index contributed by atoms with van der Waals surface area (Å²) < 4.78 is 10.9. The van der Waals surface area contributed by atoms with Gasteiger partial charge in [0.15, 0.2) is 16.6 Å². The summed E-state index contributed by atoms with van der Waals surface area (Å²) in [7, 11) is 0. The Morgan fingerprint density at radius 1 is 1.00 bits per heavy atom. The Hall–Kier alpha value is -1.53.